The van der Waals surface area contributed by atoms with E-state index in [0.717, 1.165) is 21.2 Å². The molecule has 0 heterocycles. The quantitative estimate of drug-likeness (QED) is 0.798. The van der Waals surface area contributed by atoms with Crippen LogP contribution in [-0.2, 0) is 11.2 Å². The molecule has 4 heteroatoms. The van der Waals surface area contributed by atoms with Crippen molar-refractivity contribution in [1.29, 1.82) is 0 Å². The first kappa shape index (κ1) is 15.7. The summed E-state index contributed by atoms with van der Waals surface area (Å²) in [6, 6.07) is 9.71. The lowest BCUT2D eigenvalue weighted by Crippen LogP contribution is -2.14. The molecule has 0 aromatic heterocycles. The number of ketones is 1. The maximum atomic E-state index is 12.8. The average molecular weight is 351 g/mol. The van der Waals surface area contributed by atoms with E-state index < -0.39 is 0 Å². The van der Waals surface area contributed by atoms with E-state index in [9.17, 15) is 9.18 Å². The van der Waals surface area contributed by atoms with Gasteiger partial charge in [0.2, 0.25) is 0 Å². The zero-order chi connectivity index (χ0) is 15.4. The molecular weight excluding hydrogens is 335 g/mol. The highest BCUT2D eigenvalue weighted by atomic mass is 79.9. The van der Waals surface area contributed by atoms with Gasteiger partial charge in [-0.2, -0.15) is 0 Å². The predicted octanol–water partition coefficient (Wildman–Crippen LogP) is 4.40. The topological polar surface area (TPSA) is 26.3 Å². The van der Waals surface area contributed by atoms with E-state index in [1.54, 1.807) is 12.1 Å². The minimum Gasteiger partial charge on any atom is -0.486 e. The van der Waals surface area contributed by atoms with E-state index in [4.69, 9.17) is 4.74 Å². The van der Waals surface area contributed by atoms with Crippen LogP contribution in [0.3, 0.4) is 0 Å². The summed E-state index contributed by atoms with van der Waals surface area (Å²) in [5, 5.41) is 0. The van der Waals surface area contributed by atoms with Crippen molar-refractivity contribution in [3.8, 4) is 5.75 Å². The third-order valence-corrected chi connectivity index (χ3v) is 4.38. The largest absolute Gasteiger partial charge is 0.486 e. The van der Waals surface area contributed by atoms with Crippen molar-refractivity contribution in [2.45, 2.75) is 20.3 Å². The Kier molecular flexibility index (Phi) is 5.12. The number of carbonyl (C=O) groups is 1. The normalized spacial score (nSPS) is 10.5. The monoisotopic (exact) mass is 350 g/mol. The molecule has 2 aromatic carbocycles. The van der Waals surface area contributed by atoms with Gasteiger partial charge in [0.05, 0.1) is 0 Å². The Morgan fingerprint density at radius 1 is 1.14 bits per heavy atom. The molecule has 110 valence electrons. The molecule has 0 amide bonds. The number of halogens is 2. The lowest BCUT2D eigenvalue weighted by atomic mass is 10.1. The van der Waals surface area contributed by atoms with Crippen LogP contribution < -0.4 is 4.74 Å². The predicted molar refractivity (Wildman–Crippen MR) is 84.2 cm³/mol. The van der Waals surface area contributed by atoms with Gasteiger partial charge in [-0.1, -0.05) is 28.1 Å². The van der Waals surface area contributed by atoms with Gasteiger partial charge in [0.1, 0.15) is 18.2 Å². The molecule has 0 aliphatic rings. The van der Waals surface area contributed by atoms with Gasteiger partial charge in [0.25, 0.3) is 0 Å². The summed E-state index contributed by atoms with van der Waals surface area (Å²) in [6.45, 7) is 3.96. The Morgan fingerprint density at radius 3 is 2.29 bits per heavy atom. The van der Waals surface area contributed by atoms with Crippen molar-refractivity contribution < 1.29 is 13.9 Å². The van der Waals surface area contributed by atoms with Crippen LogP contribution in [0.5, 0.6) is 5.75 Å². The first-order valence-electron chi connectivity index (χ1n) is 6.61. The minimum atomic E-state index is -0.303. The zero-order valence-corrected chi connectivity index (χ0v) is 13.5. The van der Waals surface area contributed by atoms with Gasteiger partial charge in [0.15, 0.2) is 5.78 Å². The third-order valence-electron chi connectivity index (χ3n) is 3.12. The molecule has 0 aliphatic carbocycles. The van der Waals surface area contributed by atoms with Crippen molar-refractivity contribution >= 4 is 21.7 Å². The van der Waals surface area contributed by atoms with Crippen molar-refractivity contribution in [2.75, 3.05) is 6.61 Å². The number of carbonyl (C=O) groups excluding carboxylic acids is 1. The van der Waals surface area contributed by atoms with E-state index in [-0.39, 0.29) is 24.6 Å². The van der Waals surface area contributed by atoms with Gasteiger partial charge in [-0.05, 0) is 54.8 Å². The molecule has 0 radical (unpaired) electrons. The van der Waals surface area contributed by atoms with Crippen LogP contribution in [0.1, 0.15) is 16.7 Å². The van der Waals surface area contributed by atoms with Crippen molar-refractivity contribution in [2.24, 2.45) is 0 Å². The maximum Gasteiger partial charge on any atom is 0.174 e. The van der Waals surface area contributed by atoms with Crippen LogP contribution in [0.2, 0.25) is 0 Å². The molecule has 0 N–H and O–H groups in total. The fourth-order valence-electron chi connectivity index (χ4n) is 2.03. The van der Waals surface area contributed by atoms with Gasteiger partial charge in [0, 0.05) is 10.9 Å². The smallest absolute Gasteiger partial charge is 0.174 e. The van der Waals surface area contributed by atoms with Crippen LogP contribution in [0, 0.1) is 19.7 Å². The molecule has 2 aromatic rings. The summed E-state index contributed by atoms with van der Waals surface area (Å²) in [7, 11) is 0. The maximum absolute atomic E-state index is 12.8. The van der Waals surface area contributed by atoms with E-state index in [1.165, 1.54) is 12.1 Å². The molecule has 0 aliphatic heterocycles. The van der Waals surface area contributed by atoms with Crippen molar-refractivity contribution in [3.05, 3.63) is 63.4 Å². The molecule has 0 atom stereocenters. The molecule has 0 unspecified atom stereocenters. The molecule has 0 bridgehead atoms. The Morgan fingerprint density at radius 2 is 1.71 bits per heavy atom. The summed E-state index contributed by atoms with van der Waals surface area (Å²) in [6.07, 6.45) is 0.245. The lowest BCUT2D eigenvalue weighted by Gasteiger charge is -2.09. The molecule has 0 saturated carbocycles. The van der Waals surface area contributed by atoms with Crippen LogP contribution >= 0.6 is 15.9 Å². The van der Waals surface area contributed by atoms with Gasteiger partial charge in [-0.3, -0.25) is 4.79 Å². The number of rotatable bonds is 5. The molecule has 2 rings (SSSR count). The highest BCUT2D eigenvalue weighted by molar-refractivity contribution is 9.10. The average Bonchev–Trinajstić information content (AvgIpc) is 2.45. The fraction of sp³-hybridized carbons (Fsp3) is 0.235. The van der Waals surface area contributed by atoms with Crippen LogP contribution in [0.4, 0.5) is 4.39 Å². The third kappa shape index (κ3) is 4.39. The van der Waals surface area contributed by atoms with E-state index >= 15 is 0 Å². The van der Waals surface area contributed by atoms with E-state index in [2.05, 4.69) is 15.9 Å². The number of hydrogen-bond donors (Lipinski definition) is 0. The summed E-state index contributed by atoms with van der Waals surface area (Å²) in [4.78, 5) is 11.9. The van der Waals surface area contributed by atoms with E-state index in [0.29, 0.717) is 5.75 Å². The second kappa shape index (κ2) is 6.85. The number of aryl methyl sites for hydroxylation is 2. The van der Waals surface area contributed by atoms with Gasteiger partial charge in [-0.15, -0.1) is 0 Å². The van der Waals surface area contributed by atoms with E-state index in [1.807, 2.05) is 26.0 Å². The van der Waals surface area contributed by atoms with Crippen molar-refractivity contribution in [1.82, 2.24) is 0 Å². The highest BCUT2D eigenvalue weighted by Gasteiger charge is 2.07. The first-order valence-corrected chi connectivity index (χ1v) is 7.40. The molecular formula is C17H16BrFO2. The van der Waals surface area contributed by atoms with Crippen LogP contribution in [0.25, 0.3) is 0 Å². The summed E-state index contributed by atoms with van der Waals surface area (Å²) in [5.74, 6) is 0.337. The molecule has 2 nitrogen and oxygen atoms in total. The molecule has 0 saturated heterocycles. The van der Waals surface area contributed by atoms with Gasteiger partial charge < -0.3 is 4.74 Å². The number of benzene rings is 2. The summed E-state index contributed by atoms with van der Waals surface area (Å²) in [5.41, 5.74) is 2.92. The highest BCUT2D eigenvalue weighted by Crippen LogP contribution is 2.26. The number of ether oxygens (including phenoxy) is 1. The molecule has 0 spiro atoms. The second-order valence-electron chi connectivity index (χ2n) is 5.00. The standard InChI is InChI=1S/C17H16BrFO2/c1-11-7-16(8-12(2)17(11)18)21-10-15(20)9-13-3-5-14(19)6-4-13/h3-8H,9-10H2,1-2H3. The lowest BCUT2D eigenvalue weighted by molar-refractivity contribution is -0.120. The van der Waals surface area contributed by atoms with Crippen LogP contribution in [0.15, 0.2) is 40.9 Å². The fourth-order valence-corrected chi connectivity index (χ4v) is 2.26. The molecule has 0 fully saturated rings. The van der Waals surface area contributed by atoms with Crippen LogP contribution in [-0.4, -0.2) is 12.4 Å². The first-order chi connectivity index (χ1) is 9.95. The molecule has 21 heavy (non-hydrogen) atoms. The number of hydrogen-bond acceptors (Lipinski definition) is 2. The Balaban J connectivity index is 1.93. The Labute approximate surface area is 132 Å². The van der Waals surface area contributed by atoms with Gasteiger partial charge >= 0.3 is 0 Å². The second-order valence-corrected chi connectivity index (χ2v) is 5.79. The SMILES string of the molecule is Cc1cc(OCC(=O)Cc2ccc(F)cc2)cc(C)c1Br. The van der Waals surface area contributed by atoms with Gasteiger partial charge in [-0.25, -0.2) is 4.39 Å². The number of Topliss-reactive ketones (excluding diaryl/α,β-unsaturated/α-hetero) is 1. The Bertz CT molecular complexity index is 627. The minimum absolute atomic E-state index is 0.0118. The summed E-state index contributed by atoms with van der Waals surface area (Å²) < 4.78 is 19.4. The van der Waals surface area contributed by atoms with Crippen molar-refractivity contribution in [3.63, 3.8) is 0 Å². The zero-order valence-electron chi connectivity index (χ0n) is 12.0. The Hall–Kier alpha value is -1.68. The summed E-state index contributed by atoms with van der Waals surface area (Å²) >= 11 is 3.49.